The third kappa shape index (κ3) is 3.08. The molecule has 2 rings (SSSR count). The third-order valence-electron chi connectivity index (χ3n) is 2.48. The average molecular weight is 251 g/mol. The zero-order valence-corrected chi connectivity index (χ0v) is 10.4. The topological polar surface area (TPSA) is 51.8 Å². The summed E-state index contributed by atoms with van der Waals surface area (Å²) in [5, 5.41) is 9.85. The van der Waals surface area contributed by atoms with Gasteiger partial charge < -0.3 is 5.73 Å². The molecule has 0 fully saturated rings. The van der Waals surface area contributed by atoms with E-state index in [2.05, 4.69) is 10.2 Å². The van der Waals surface area contributed by atoms with Gasteiger partial charge in [-0.25, -0.2) is 4.39 Å². The molecule has 1 atom stereocenters. The summed E-state index contributed by atoms with van der Waals surface area (Å²) in [4.78, 5) is 0. The zero-order chi connectivity index (χ0) is 12.3. The van der Waals surface area contributed by atoms with Crippen molar-refractivity contribution in [3.63, 3.8) is 0 Å². The van der Waals surface area contributed by atoms with E-state index < -0.39 is 0 Å². The van der Waals surface area contributed by atoms with Crippen molar-refractivity contribution in [1.82, 2.24) is 10.2 Å². The van der Waals surface area contributed by atoms with Gasteiger partial charge >= 0.3 is 0 Å². The van der Waals surface area contributed by atoms with Crippen molar-refractivity contribution in [2.75, 3.05) is 0 Å². The summed E-state index contributed by atoms with van der Waals surface area (Å²) in [6, 6.07) is 6.48. The average Bonchev–Trinajstić information content (AvgIpc) is 2.76. The molecule has 0 saturated heterocycles. The van der Waals surface area contributed by atoms with Crippen LogP contribution in [0.1, 0.15) is 35.0 Å². The minimum absolute atomic E-state index is 0.0474. The van der Waals surface area contributed by atoms with Crippen LogP contribution in [0.4, 0.5) is 4.39 Å². The van der Waals surface area contributed by atoms with E-state index in [9.17, 15) is 4.39 Å². The molecular weight excluding hydrogens is 237 g/mol. The summed E-state index contributed by atoms with van der Waals surface area (Å²) in [7, 11) is 0. The highest BCUT2D eigenvalue weighted by molar-refractivity contribution is 7.11. The van der Waals surface area contributed by atoms with Crippen LogP contribution in [0.3, 0.4) is 0 Å². The van der Waals surface area contributed by atoms with Crippen LogP contribution in [0, 0.1) is 5.82 Å². The largest absolute Gasteiger partial charge is 0.322 e. The van der Waals surface area contributed by atoms with Gasteiger partial charge in [-0.15, -0.1) is 10.2 Å². The van der Waals surface area contributed by atoms with Crippen LogP contribution in [0.15, 0.2) is 24.3 Å². The second-order valence-electron chi connectivity index (χ2n) is 3.86. The van der Waals surface area contributed by atoms with Crippen LogP contribution < -0.4 is 5.73 Å². The van der Waals surface area contributed by atoms with Crippen LogP contribution >= 0.6 is 11.3 Å². The maximum atomic E-state index is 13.0. The number of hydrogen-bond donors (Lipinski definition) is 1. The number of hydrogen-bond acceptors (Lipinski definition) is 4. The van der Waals surface area contributed by atoms with E-state index in [4.69, 9.17) is 5.73 Å². The molecule has 0 saturated carbocycles. The second kappa shape index (κ2) is 5.33. The first-order chi connectivity index (χ1) is 8.19. The van der Waals surface area contributed by atoms with Gasteiger partial charge in [-0.1, -0.05) is 30.4 Å². The highest BCUT2D eigenvalue weighted by Gasteiger charge is 2.10. The molecule has 17 heavy (non-hydrogen) atoms. The smallest absolute Gasteiger partial charge is 0.134 e. The lowest BCUT2D eigenvalue weighted by Gasteiger charge is -2.00. The first-order valence-electron chi connectivity index (χ1n) is 5.51. The SMILES string of the molecule is CCC(N)c1nnc(Cc2cccc(F)c2)s1. The fourth-order valence-corrected chi connectivity index (χ4v) is 2.45. The molecule has 2 N–H and O–H groups in total. The van der Waals surface area contributed by atoms with Gasteiger partial charge in [0.2, 0.25) is 0 Å². The lowest BCUT2D eigenvalue weighted by Crippen LogP contribution is -2.07. The molecule has 0 amide bonds. The van der Waals surface area contributed by atoms with E-state index in [0.29, 0.717) is 6.42 Å². The summed E-state index contributed by atoms with van der Waals surface area (Å²) in [6.07, 6.45) is 1.44. The second-order valence-corrected chi connectivity index (χ2v) is 4.95. The van der Waals surface area contributed by atoms with Gasteiger partial charge in [0.05, 0.1) is 6.04 Å². The normalized spacial score (nSPS) is 12.6. The van der Waals surface area contributed by atoms with Gasteiger partial charge in [0.15, 0.2) is 0 Å². The molecule has 2 aromatic rings. The van der Waals surface area contributed by atoms with Crippen LogP contribution in [-0.4, -0.2) is 10.2 Å². The Hall–Kier alpha value is -1.33. The molecule has 90 valence electrons. The molecule has 0 aliphatic rings. The Bertz CT molecular complexity index is 498. The summed E-state index contributed by atoms with van der Waals surface area (Å²) in [5.41, 5.74) is 6.77. The molecule has 0 radical (unpaired) electrons. The Labute approximate surface area is 104 Å². The molecule has 1 aromatic heterocycles. The summed E-state index contributed by atoms with van der Waals surface area (Å²) >= 11 is 1.50. The lowest BCUT2D eigenvalue weighted by molar-refractivity contribution is 0.626. The Balaban J connectivity index is 2.11. The van der Waals surface area contributed by atoms with E-state index in [1.54, 1.807) is 6.07 Å². The molecule has 0 bridgehead atoms. The minimum atomic E-state index is -0.225. The van der Waals surface area contributed by atoms with Crippen molar-refractivity contribution < 1.29 is 4.39 Å². The van der Waals surface area contributed by atoms with Crippen molar-refractivity contribution in [2.24, 2.45) is 5.73 Å². The first kappa shape index (κ1) is 12.1. The lowest BCUT2D eigenvalue weighted by atomic mass is 10.1. The van der Waals surface area contributed by atoms with Gasteiger partial charge in [0.25, 0.3) is 0 Å². The molecule has 0 aliphatic heterocycles. The van der Waals surface area contributed by atoms with Gasteiger partial charge in [0.1, 0.15) is 15.8 Å². The number of benzene rings is 1. The van der Waals surface area contributed by atoms with Crippen molar-refractivity contribution >= 4 is 11.3 Å². The number of rotatable bonds is 4. The van der Waals surface area contributed by atoms with Crippen molar-refractivity contribution in [2.45, 2.75) is 25.8 Å². The van der Waals surface area contributed by atoms with Crippen molar-refractivity contribution in [1.29, 1.82) is 0 Å². The van der Waals surface area contributed by atoms with E-state index >= 15 is 0 Å². The van der Waals surface area contributed by atoms with E-state index in [-0.39, 0.29) is 11.9 Å². The highest BCUT2D eigenvalue weighted by atomic mass is 32.1. The maximum Gasteiger partial charge on any atom is 0.134 e. The molecular formula is C12H14FN3S. The van der Waals surface area contributed by atoms with E-state index in [1.807, 2.05) is 13.0 Å². The van der Waals surface area contributed by atoms with Crippen molar-refractivity contribution in [3.05, 3.63) is 45.7 Å². The van der Waals surface area contributed by atoms with E-state index in [0.717, 1.165) is 22.0 Å². The minimum Gasteiger partial charge on any atom is -0.322 e. The standard InChI is InChI=1S/C12H14FN3S/c1-2-10(14)12-16-15-11(17-12)7-8-4-3-5-9(13)6-8/h3-6,10H,2,7,14H2,1H3. The molecule has 1 unspecified atom stereocenters. The zero-order valence-electron chi connectivity index (χ0n) is 9.56. The molecule has 3 nitrogen and oxygen atoms in total. The third-order valence-corrected chi connectivity index (χ3v) is 3.54. The van der Waals surface area contributed by atoms with Crippen LogP contribution in [0.25, 0.3) is 0 Å². The maximum absolute atomic E-state index is 13.0. The van der Waals surface area contributed by atoms with Gasteiger partial charge in [0, 0.05) is 6.42 Å². The molecule has 1 aromatic carbocycles. The Morgan fingerprint density at radius 3 is 2.94 bits per heavy atom. The van der Waals surface area contributed by atoms with Gasteiger partial charge in [-0.05, 0) is 24.1 Å². The number of nitrogens with zero attached hydrogens (tertiary/aromatic N) is 2. The van der Waals surface area contributed by atoms with Gasteiger partial charge in [-0.2, -0.15) is 0 Å². The number of aromatic nitrogens is 2. The first-order valence-corrected chi connectivity index (χ1v) is 6.33. The molecule has 1 heterocycles. The predicted molar refractivity (Wildman–Crippen MR) is 66.3 cm³/mol. The van der Waals surface area contributed by atoms with Crippen LogP contribution in [0.2, 0.25) is 0 Å². The van der Waals surface area contributed by atoms with Gasteiger partial charge in [-0.3, -0.25) is 0 Å². The monoisotopic (exact) mass is 251 g/mol. The molecule has 0 spiro atoms. The van der Waals surface area contributed by atoms with Crippen molar-refractivity contribution in [3.8, 4) is 0 Å². The molecule has 0 aliphatic carbocycles. The fraction of sp³-hybridized carbons (Fsp3) is 0.333. The van der Waals surface area contributed by atoms with Crippen LogP contribution in [-0.2, 0) is 6.42 Å². The Kier molecular flexibility index (Phi) is 3.81. The quantitative estimate of drug-likeness (QED) is 0.909. The van der Waals surface area contributed by atoms with E-state index in [1.165, 1.54) is 23.5 Å². The number of halogens is 1. The Morgan fingerprint density at radius 1 is 1.41 bits per heavy atom. The fourth-order valence-electron chi connectivity index (χ4n) is 1.48. The number of nitrogens with two attached hydrogens (primary N) is 1. The summed E-state index contributed by atoms with van der Waals surface area (Å²) < 4.78 is 13.0. The summed E-state index contributed by atoms with van der Waals surface area (Å²) in [5.74, 6) is -0.225. The predicted octanol–water partition coefficient (Wildman–Crippen LogP) is 2.68. The summed E-state index contributed by atoms with van der Waals surface area (Å²) in [6.45, 7) is 2.01. The Morgan fingerprint density at radius 2 is 2.24 bits per heavy atom. The molecule has 5 heteroatoms. The highest BCUT2D eigenvalue weighted by Crippen LogP contribution is 2.20. The van der Waals surface area contributed by atoms with Crippen LogP contribution in [0.5, 0.6) is 0 Å².